The molecule has 0 radical (unpaired) electrons. The van der Waals surface area contributed by atoms with E-state index in [1.165, 1.54) is 6.33 Å². The van der Waals surface area contributed by atoms with Crippen molar-refractivity contribution in [1.29, 1.82) is 0 Å². The Kier molecular flexibility index (Phi) is 4.47. The molecule has 0 saturated carbocycles. The number of hydrogen-bond donors (Lipinski definition) is 2. The van der Waals surface area contributed by atoms with E-state index < -0.39 is 4.92 Å². The Labute approximate surface area is 159 Å². The van der Waals surface area contributed by atoms with Gasteiger partial charge >= 0.3 is 5.69 Å². The first kappa shape index (κ1) is 17.3. The summed E-state index contributed by atoms with van der Waals surface area (Å²) in [5, 5.41) is 18.5. The van der Waals surface area contributed by atoms with Gasteiger partial charge in [-0.25, -0.2) is 15.0 Å². The van der Waals surface area contributed by atoms with Crippen molar-refractivity contribution in [1.82, 2.24) is 19.9 Å². The second-order valence-electron chi connectivity index (χ2n) is 6.02. The molecule has 0 aliphatic heterocycles. The second-order valence-corrected chi connectivity index (χ2v) is 6.02. The average Bonchev–Trinajstić information content (AvgIpc) is 2.70. The maximum atomic E-state index is 11.8. The summed E-state index contributed by atoms with van der Waals surface area (Å²) in [5.41, 5.74) is 2.14. The highest BCUT2D eigenvalue weighted by atomic mass is 16.6. The van der Waals surface area contributed by atoms with Crippen molar-refractivity contribution in [3.63, 3.8) is 0 Å². The van der Waals surface area contributed by atoms with E-state index in [0.717, 1.165) is 16.5 Å². The molecule has 0 spiro atoms. The van der Waals surface area contributed by atoms with Gasteiger partial charge in [0.05, 0.1) is 10.4 Å². The number of anilines is 4. The van der Waals surface area contributed by atoms with Crippen LogP contribution in [0.2, 0.25) is 0 Å². The number of hydrogen-bond acceptors (Lipinski definition) is 8. The summed E-state index contributed by atoms with van der Waals surface area (Å²) in [6, 6.07) is 12.8. The molecule has 28 heavy (non-hydrogen) atoms. The van der Waals surface area contributed by atoms with Crippen LogP contribution in [0, 0.1) is 17.0 Å². The van der Waals surface area contributed by atoms with E-state index in [0.29, 0.717) is 11.5 Å². The molecule has 138 valence electrons. The molecule has 2 N–H and O–H groups in total. The first-order valence-corrected chi connectivity index (χ1v) is 8.41. The lowest BCUT2D eigenvalue weighted by molar-refractivity contribution is -0.383. The number of rotatable bonds is 5. The molecule has 4 rings (SSSR count). The van der Waals surface area contributed by atoms with Crippen LogP contribution in [0.5, 0.6) is 0 Å². The van der Waals surface area contributed by atoms with Gasteiger partial charge in [0.2, 0.25) is 11.6 Å². The molecule has 0 unspecified atom stereocenters. The lowest BCUT2D eigenvalue weighted by Gasteiger charge is -2.11. The minimum absolute atomic E-state index is 0.0530. The summed E-state index contributed by atoms with van der Waals surface area (Å²) in [6.07, 6.45) is 4.61. The summed E-state index contributed by atoms with van der Waals surface area (Å²) in [5.74, 6) is 0.580. The zero-order valence-electron chi connectivity index (χ0n) is 14.8. The normalized spacial score (nSPS) is 10.6. The lowest BCUT2D eigenvalue weighted by atomic mass is 10.2. The van der Waals surface area contributed by atoms with Gasteiger partial charge in [0.25, 0.3) is 0 Å². The third-order valence-corrected chi connectivity index (χ3v) is 4.06. The molecule has 9 nitrogen and oxygen atoms in total. The van der Waals surface area contributed by atoms with E-state index in [9.17, 15) is 10.1 Å². The monoisotopic (exact) mass is 373 g/mol. The number of benzene rings is 1. The van der Waals surface area contributed by atoms with Crippen molar-refractivity contribution in [2.75, 3.05) is 10.6 Å². The van der Waals surface area contributed by atoms with E-state index in [1.807, 2.05) is 37.3 Å². The topological polar surface area (TPSA) is 119 Å². The fourth-order valence-corrected chi connectivity index (χ4v) is 2.74. The lowest BCUT2D eigenvalue weighted by Crippen LogP contribution is -2.06. The van der Waals surface area contributed by atoms with Crippen LogP contribution in [-0.4, -0.2) is 24.9 Å². The third kappa shape index (κ3) is 3.40. The Morgan fingerprint density at radius 2 is 1.75 bits per heavy atom. The van der Waals surface area contributed by atoms with Gasteiger partial charge in [0.1, 0.15) is 12.1 Å². The predicted octanol–water partition coefficient (Wildman–Crippen LogP) is 4.12. The van der Waals surface area contributed by atoms with Crippen molar-refractivity contribution in [3.05, 3.63) is 76.9 Å². The van der Waals surface area contributed by atoms with E-state index in [-0.39, 0.29) is 17.3 Å². The van der Waals surface area contributed by atoms with Crippen LogP contribution in [0.3, 0.4) is 0 Å². The van der Waals surface area contributed by atoms with E-state index in [4.69, 9.17) is 0 Å². The summed E-state index contributed by atoms with van der Waals surface area (Å²) in [6.45, 7) is 1.91. The second kappa shape index (κ2) is 7.23. The maximum absolute atomic E-state index is 11.8. The minimum Gasteiger partial charge on any atom is -0.334 e. The highest BCUT2D eigenvalue weighted by Crippen LogP contribution is 2.34. The fraction of sp³-hybridized carbons (Fsp3) is 0.0526. The third-order valence-electron chi connectivity index (χ3n) is 4.06. The molecule has 4 aromatic rings. The Hall–Kier alpha value is -4.14. The predicted molar refractivity (Wildman–Crippen MR) is 106 cm³/mol. The first-order valence-electron chi connectivity index (χ1n) is 8.41. The van der Waals surface area contributed by atoms with Crippen molar-refractivity contribution < 1.29 is 4.92 Å². The van der Waals surface area contributed by atoms with Gasteiger partial charge in [-0.2, -0.15) is 0 Å². The highest BCUT2D eigenvalue weighted by molar-refractivity contribution is 5.93. The molecular weight excluding hydrogens is 358 g/mol. The van der Waals surface area contributed by atoms with E-state index in [2.05, 4.69) is 30.6 Å². The van der Waals surface area contributed by atoms with Gasteiger partial charge in [-0.15, -0.1) is 0 Å². The zero-order chi connectivity index (χ0) is 19.5. The van der Waals surface area contributed by atoms with E-state index >= 15 is 0 Å². The molecule has 0 aliphatic rings. The first-order chi connectivity index (χ1) is 13.6. The molecule has 0 bridgehead atoms. The largest absolute Gasteiger partial charge is 0.353 e. The molecule has 0 atom stereocenters. The van der Waals surface area contributed by atoms with Crippen molar-refractivity contribution in [2.24, 2.45) is 0 Å². The smallest absolute Gasteiger partial charge is 0.334 e. The molecule has 9 heteroatoms. The van der Waals surface area contributed by atoms with Gasteiger partial charge in [0.15, 0.2) is 0 Å². The number of aromatic nitrogens is 4. The fourth-order valence-electron chi connectivity index (χ4n) is 2.74. The molecule has 0 aliphatic carbocycles. The molecule has 1 aromatic carbocycles. The van der Waals surface area contributed by atoms with Crippen molar-refractivity contribution >= 4 is 39.7 Å². The van der Waals surface area contributed by atoms with Crippen LogP contribution < -0.4 is 10.6 Å². The number of nitrogens with one attached hydrogen (secondary N) is 2. The summed E-state index contributed by atoms with van der Waals surface area (Å²) >= 11 is 0. The molecule has 0 saturated heterocycles. The molecular formula is C19H15N7O2. The van der Waals surface area contributed by atoms with Crippen LogP contribution >= 0.6 is 0 Å². The van der Waals surface area contributed by atoms with Crippen LogP contribution in [0.4, 0.5) is 28.8 Å². The Bertz CT molecular complexity index is 1160. The number of aryl methyl sites for hydroxylation is 1. The minimum atomic E-state index is -0.526. The molecule has 3 heterocycles. The maximum Gasteiger partial charge on any atom is 0.353 e. The SMILES string of the molecule is Cc1ccc(Nc2ncnc(Nc3cccc4ncccc34)c2[N+](=O)[O-])nc1. The number of fused-ring (bicyclic) bond motifs is 1. The average molecular weight is 373 g/mol. The van der Waals surface area contributed by atoms with Crippen LogP contribution in [0.25, 0.3) is 10.9 Å². The zero-order valence-corrected chi connectivity index (χ0v) is 14.8. The summed E-state index contributed by atoms with van der Waals surface area (Å²) < 4.78 is 0. The molecule has 0 amide bonds. The van der Waals surface area contributed by atoms with Gasteiger partial charge in [-0.05, 0) is 42.8 Å². The van der Waals surface area contributed by atoms with Gasteiger partial charge in [0, 0.05) is 23.5 Å². The Balaban J connectivity index is 1.74. The van der Waals surface area contributed by atoms with Gasteiger partial charge in [-0.1, -0.05) is 12.1 Å². The number of pyridine rings is 2. The molecule has 0 fully saturated rings. The molecule has 3 aromatic heterocycles. The van der Waals surface area contributed by atoms with Crippen molar-refractivity contribution in [3.8, 4) is 0 Å². The van der Waals surface area contributed by atoms with Crippen LogP contribution in [0.15, 0.2) is 61.2 Å². The van der Waals surface area contributed by atoms with Gasteiger partial charge in [-0.3, -0.25) is 15.1 Å². The van der Waals surface area contributed by atoms with Crippen LogP contribution in [-0.2, 0) is 0 Å². The Morgan fingerprint density at radius 1 is 0.929 bits per heavy atom. The van der Waals surface area contributed by atoms with Crippen molar-refractivity contribution in [2.45, 2.75) is 6.92 Å². The standard InChI is InChI=1S/C19H15N7O2/c1-12-7-8-16(21-10-12)25-19-17(26(27)28)18(22-11-23-19)24-15-6-2-5-14-13(15)4-3-9-20-14/h2-11H,1H3,(H2,21,22,23,24,25). The summed E-state index contributed by atoms with van der Waals surface area (Å²) in [7, 11) is 0. The number of nitrogens with zero attached hydrogens (tertiary/aromatic N) is 5. The quantitative estimate of drug-likeness (QED) is 0.396. The van der Waals surface area contributed by atoms with Gasteiger partial charge < -0.3 is 10.6 Å². The number of nitro groups is 1. The Morgan fingerprint density at radius 3 is 2.50 bits per heavy atom. The summed E-state index contributed by atoms with van der Waals surface area (Å²) in [4.78, 5) is 27.8. The van der Waals surface area contributed by atoms with Crippen LogP contribution in [0.1, 0.15) is 5.56 Å². The highest BCUT2D eigenvalue weighted by Gasteiger charge is 2.24. The van der Waals surface area contributed by atoms with E-state index in [1.54, 1.807) is 24.5 Å².